The van der Waals surface area contributed by atoms with Crippen LogP contribution in [0.5, 0.6) is 0 Å². The Morgan fingerprint density at radius 3 is 3.07 bits per heavy atom. The predicted molar refractivity (Wildman–Crippen MR) is 61.6 cm³/mol. The lowest BCUT2D eigenvalue weighted by molar-refractivity contribution is 0.120. The van der Waals surface area contributed by atoms with Gasteiger partial charge in [0.1, 0.15) is 6.10 Å². The summed E-state index contributed by atoms with van der Waals surface area (Å²) in [6.07, 6.45) is 8.47. The van der Waals surface area contributed by atoms with Crippen LogP contribution in [0.15, 0.2) is 12.3 Å². The summed E-state index contributed by atoms with van der Waals surface area (Å²) in [4.78, 5) is 0. The van der Waals surface area contributed by atoms with Crippen molar-refractivity contribution in [2.45, 2.75) is 38.7 Å². The van der Waals surface area contributed by atoms with Crippen LogP contribution in [0.2, 0.25) is 0 Å². The average Bonchev–Trinajstić information content (AvgIpc) is 2.29. The fourth-order valence-electron chi connectivity index (χ4n) is 1.82. The normalized spacial score (nSPS) is 22.4. The number of rotatable bonds is 7. The first-order valence-electron chi connectivity index (χ1n) is 5.98. The quantitative estimate of drug-likeness (QED) is 0.676. The Bertz CT molecular complexity index is 182. The van der Waals surface area contributed by atoms with Crippen molar-refractivity contribution in [3.63, 3.8) is 0 Å². The second-order valence-electron chi connectivity index (χ2n) is 4.15. The molecular weight excluding hydrogens is 190 g/mol. The van der Waals surface area contributed by atoms with Gasteiger partial charge in [0.25, 0.3) is 0 Å². The summed E-state index contributed by atoms with van der Waals surface area (Å²) in [5, 5.41) is 12.3. The number of nitrogens with one attached hydrogen (secondary N) is 1. The second kappa shape index (κ2) is 7.71. The molecule has 0 amide bonds. The first-order valence-corrected chi connectivity index (χ1v) is 5.98. The highest BCUT2D eigenvalue weighted by Gasteiger charge is 2.11. The van der Waals surface area contributed by atoms with Crippen LogP contribution in [-0.4, -0.2) is 30.9 Å². The highest BCUT2D eigenvalue weighted by atomic mass is 16.5. The molecule has 0 aliphatic carbocycles. The van der Waals surface area contributed by atoms with Crippen molar-refractivity contribution in [2.24, 2.45) is 5.92 Å². The number of aliphatic hydroxyl groups is 1. The van der Waals surface area contributed by atoms with Crippen LogP contribution in [-0.2, 0) is 4.74 Å². The standard InChI is InChI=1S/C12H23NO2/c1-2-11(6-7-14)9-13-10-12-5-3-4-8-15-12/h4,8,11-14H,2-3,5-7,9-10H2,1H3. The Balaban J connectivity index is 2.06. The molecule has 0 fully saturated rings. The van der Waals surface area contributed by atoms with Crippen LogP contribution in [0.1, 0.15) is 32.6 Å². The minimum Gasteiger partial charge on any atom is -0.497 e. The summed E-state index contributed by atoms with van der Waals surface area (Å²) in [5.41, 5.74) is 0. The fourth-order valence-corrected chi connectivity index (χ4v) is 1.82. The van der Waals surface area contributed by atoms with E-state index in [0.29, 0.717) is 18.6 Å². The highest BCUT2D eigenvalue weighted by Crippen LogP contribution is 2.10. The van der Waals surface area contributed by atoms with Crippen molar-refractivity contribution in [3.05, 3.63) is 12.3 Å². The van der Waals surface area contributed by atoms with Gasteiger partial charge in [-0.2, -0.15) is 0 Å². The molecule has 0 saturated heterocycles. The minimum atomic E-state index is 0.294. The molecule has 1 rings (SSSR count). The summed E-state index contributed by atoms with van der Waals surface area (Å²) < 4.78 is 5.46. The Morgan fingerprint density at radius 2 is 2.47 bits per heavy atom. The molecule has 3 heteroatoms. The monoisotopic (exact) mass is 213 g/mol. The van der Waals surface area contributed by atoms with Crippen LogP contribution < -0.4 is 5.32 Å². The Hall–Kier alpha value is -0.540. The van der Waals surface area contributed by atoms with Crippen molar-refractivity contribution >= 4 is 0 Å². The van der Waals surface area contributed by atoms with E-state index < -0.39 is 0 Å². The van der Waals surface area contributed by atoms with E-state index in [0.717, 1.165) is 38.8 Å². The fraction of sp³-hybridized carbons (Fsp3) is 0.833. The first-order chi connectivity index (χ1) is 7.36. The van der Waals surface area contributed by atoms with Gasteiger partial charge in [-0.15, -0.1) is 0 Å². The summed E-state index contributed by atoms with van der Waals surface area (Å²) in [6.45, 7) is 4.37. The van der Waals surface area contributed by atoms with Crippen molar-refractivity contribution in [1.82, 2.24) is 5.32 Å². The molecule has 0 radical (unpaired) electrons. The lowest BCUT2D eigenvalue weighted by atomic mass is 10.0. The maximum atomic E-state index is 8.85. The third-order valence-corrected chi connectivity index (χ3v) is 2.94. The molecule has 2 unspecified atom stereocenters. The summed E-state index contributed by atoms with van der Waals surface area (Å²) in [6, 6.07) is 0. The first kappa shape index (κ1) is 12.5. The van der Waals surface area contributed by atoms with E-state index in [9.17, 15) is 0 Å². The zero-order valence-corrected chi connectivity index (χ0v) is 9.61. The minimum absolute atomic E-state index is 0.294. The van der Waals surface area contributed by atoms with E-state index in [4.69, 9.17) is 9.84 Å². The molecule has 0 aromatic heterocycles. The molecule has 1 aliphatic rings. The number of ether oxygens (including phenoxy) is 1. The van der Waals surface area contributed by atoms with Crippen molar-refractivity contribution in [2.75, 3.05) is 19.7 Å². The van der Waals surface area contributed by atoms with E-state index in [1.165, 1.54) is 0 Å². The van der Waals surface area contributed by atoms with Crippen molar-refractivity contribution < 1.29 is 9.84 Å². The van der Waals surface area contributed by atoms with Crippen LogP contribution in [0, 0.1) is 5.92 Å². The van der Waals surface area contributed by atoms with Gasteiger partial charge >= 0.3 is 0 Å². The zero-order chi connectivity index (χ0) is 10.9. The van der Waals surface area contributed by atoms with Crippen LogP contribution in [0.3, 0.4) is 0 Å². The maximum absolute atomic E-state index is 8.85. The largest absolute Gasteiger partial charge is 0.497 e. The van der Waals surface area contributed by atoms with Gasteiger partial charge in [0, 0.05) is 13.2 Å². The summed E-state index contributed by atoms with van der Waals surface area (Å²) >= 11 is 0. The highest BCUT2D eigenvalue weighted by molar-refractivity contribution is 4.83. The molecular formula is C12H23NO2. The molecule has 88 valence electrons. The van der Waals surface area contributed by atoms with Gasteiger partial charge < -0.3 is 15.2 Å². The third kappa shape index (κ3) is 5.19. The van der Waals surface area contributed by atoms with Gasteiger partial charge in [0.05, 0.1) is 6.26 Å². The van der Waals surface area contributed by atoms with Gasteiger partial charge in [0.2, 0.25) is 0 Å². The molecule has 2 N–H and O–H groups in total. The summed E-state index contributed by atoms with van der Waals surface area (Å²) in [5.74, 6) is 0.592. The van der Waals surface area contributed by atoms with E-state index in [1.807, 2.05) is 0 Å². The molecule has 0 saturated carbocycles. The van der Waals surface area contributed by atoms with Crippen molar-refractivity contribution in [1.29, 1.82) is 0 Å². The number of hydrogen-bond donors (Lipinski definition) is 2. The molecule has 3 nitrogen and oxygen atoms in total. The predicted octanol–water partition coefficient (Wildman–Crippen LogP) is 1.68. The molecule has 0 spiro atoms. The molecule has 15 heavy (non-hydrogen) atoms. The lowest BCUT2D eigenvalue weighted by Crippen LogP contribution is -2.32. The van der Waals surface area contributed by atoms with Gasteiger partial charge in [0.15, 0.2) is 0 Å². The van der Waals surface area contributed by atoms with Crippen LogP contribution >= 0.6 is 0 Å². The molecule has 0 aromatic carbocycles. The number of aliphatic hydroxyl groups excluding tert-OH is 1. The van der Waals surface area contributed by atoms with Crippen LogP contribution in [0.25, 0.3) is 0 Å². The zero-order valence-electron chi connectivity index (χ0n) is 9.61. The Morgan fingerprint density at radius 1 is 1.60 bits per heavy atom. The lowest BCUT2D eigenvalue weighted by Gasteiger charge is -2.21. The van der Waals surface area contributed by atoms with Gasteiger partial charge in [-0.25, -0.2) is 0 Å². The topological polar surface area (TPSA) is 41.5 Å². The number of hydrogen-bond acceptors (Lipinski definition) is 3. The average molecular weight is 213 g/mol. The molecule has 2 atom stereocenters. The van der Waals surface area contributed by atoms with E-state index >= 15 is 0 Å². The Kier molecular flexibility index (Phi) is 6.44. The number of allylic oxidation sites excluding steroid dienone is 1. The smallest absolute Gasteiger partial charge is 0.110 e. The van der Waals surface area contributed by atoms with Gasteiger partial charge in [-0.3, -0.25) is 0 Å². The van der Waals surface area contributed by atoms with Crippen LogP contribution in [0.4, 0.5) is 0 Å². The van der Waals surface area contributed by atoms with E-state index in [1.54, 1.807) is 6.26 Å². The van der Waals surface area contributed by atoms with Gasteiger partial charge in [-0.1, -0.05) is 13.3 Å². The van der Waals surface area contributed by atoms with Crippen molar-refractivity contribution in [3.8, 4) is 0 Å². The van der Waals surface area contributed by atoms with Gasteiger partial charge in [-0.05, 0) is 37.8 Å². The molecule has 1 heterocycles. The third-order valence-electron chi connectivity index (χ3n) is 2.94. The maximum Gasteiger partial charge on any atom is 0.110 e. The van der Waals surface area contributed by atoms with E-state index in [2.05, 4.69) is 18.3 Å². The molecule has 0 bridgehead atoms. The molecule has 0 aromatic rings. The SMILES string of the molecule is CCC(CCO)CNCC1CCC=CO1. The summed E-state index contributed by atoms with van der Waals surface area (Å²) in [7, 11) is 0. The molecule has 1 aliphatic heterocycles. The second-order valence-corrected chi connectivity index (χ2v) is 4.15. The Labute approximate surface area is 92.5 Å². The van der Waals surface area contributed by atoms with E-state index in [-0.39, 0.29) is 0 Å².